The van der Waals surface area contributed by atoms with Gasteiger partial charge in [-0.3, -0.25) is 9.69 Å². The molecule has 0 spiro atoms. The normalized spacial score (nSPS) is 11.9. The third-order valence-corrected chi connectivity index (χ3v) is 2.70. The van der Waals surface area contributed by atoms with Gasteiger partial charge in [-0.2, -0.15) is 0 Å². The zero-order valence-corrected chi connectivity index (χ0v) is 10.8. The van der Waals surface area contributed by atoms with Crippen molar-refractivity contribution in [3.8, 4) is 0 Å². The molecule has 1 aromatic carbocycles. The number of hydrogen-bond donors (Lipinski definition) is 1. The lowest BCUT2D eigenvalue weighted by molar-refractivity contribution is -0.125. The van der Waals surface area contributed by atoms with Gasteiger partial charge in [0.2, 0.25) is 5.91 Å². The van der Waals surface area contributed by atoms with Crippen molar-refractivity contribution in [2.24, 2.45) is 0 Å². The third-order valence-electron chi connectivity index (χ3n) is 2.70. The number of benzene rings is 1. The fourth-order valence-corrected chi connectivity index (χ4v) is 1.92. The van der Waals surface area contributed by atoms with E-state index in [0.717, 1.165) is 5.56 Å². The van der Waals surface area contributed by atoms with Crippen molar-refractivity contribution in [3.63, 3.8) is 0 Å². The van der Waals surface area contributed by atoms with Gasteiger partial charge >= 0.3 is 0 Å². The zero-order chi connectivity index (χ0) is 13.4. The average molecular weight is 244 g/mol. The Labute approximate surface area is 109 Å². The summed E-state index contributed by atoms with van der Waals surface area (Å²) >= 11 is 0. The van der Waals surface area contributed by atoms with Crippen molar-refractivity contribution in [2.75, 3.05) is 20.1 Å². The molecule has 0 fully saturated rings. The lowest BCUT2D eigenvalue weighted by atomic mass is 10.0. The summed E-state index contributed by atoms with van der Waals surface area (Å²) in [5.41, 5.74) is 0.973. The summed E-state index contributed by atoms with van der Waals surface area (Å²) in [5.74, 6) is -0.0232. The number of hydrogen-bond acceptors (Lipinski definition) is 2. The third kappa shape index (κ3) is 3.57. The van der Waals surface area contributed by atoms with E-state index in [1.165, 1.54) is 0 Å². The van der Waals surface area contributed by atoms with E-state index < -0.39 is 0 Å². The monoisotopic (exact) mass is 244 g/mol. The quantitative estimate of drug-likeness (QED) is 0.745. The Morgan fingerprint density at radius 1 is 1.28 bits per heavy atom. The van der Waals surface area contributed by atoms with Gasteiger partial charge in [-0.05, 0) is 5.56 Å². The van der Waals surface area contributed by atoms with Crippen LogP contribution in [0.4, 0.5) is 0 Å². The van der Waals surface area contributed by atoms with Crippen LogP contribution in [-0.4, -0.2) is 30.9 Å². The molecule has 18 heavy (non-hydrogen) atoms. The maximum Gasteiger partial charge on any atom is 0.241 e. The SMILES string of the molecule is C=CCN(CC=C)C(C(=O)NC)c1ccccc1. The molecule has 0 bridgehead atoms. The second-order valence-corrected chi connectivity index (χ2v) is 3.96. The van der Waals surface area contributed by atoms with Gasteiger partial charge in [0.05, 0.1) is 0 Å². The molecule has 0 radical (unpaired) electrons. The maximum absolute atomic E-state index is 12.1. The van der Waals surface area contributed by atoms with Crippen LogP contribution in [0.1, 0.15) is 11.6 Å². The lowest BCUT2D eigenvalue weighted by Gasteiger charge is -2.28. The Balaban J connectivity index is 3.06. The first-order valence-corrected chi connectivity index (χ1v) is 5.97. The highest BCUT2D eigenvalue weighted by Crippen LogP contribution is 2.20. The predicted octanol–water partition coefficient (Wildman–Crippen LogP) is 2.15. The average Bonchev–Trinajstić information content (AvgIpc) is 2.40. The van der Waals surface area contributed by atoms with Gasteiger partial charge in [0, 0.05) is 20.1 Å². The minimum Gasteiger partial charge on any atom is -0.358 e. The molecule has 1 rings (SSSR count). The fraction of sp³-hybridized carbons (Fsp3) is 0.267. The van der Waals surface area contributed by atoms with Gasteiger partial charge in [0.15, 0.2) is 0 Å². The van der Waals surface area contributed by atoms with Crippen molar-refractivity contribution in [1.82, 2.24) is 10.2 Å². The maximum atomic E-state index is 12.1. The molecule has 0 saturated carbocycles. The van der Waals surface area contributed by atoms with E-state index in [4.69, 9.17) is 0 Å². The number of nitrogens with one attached hydrogen (secondary N) is 1. The Hall–Kier alpha value is -1.87. The zero-order valence-electron chi connectivity index (χ0n) is 10.8. The van der Waals surface area contributed by atoms with Gasteiger partial charge in [-0.15, -0.1) is 13.2 Å². The molecule has 1 atom stereocenters. The fourth-order valence-electron chi connectivity index (χ4n) is 1.92. The number of nitrogens with zero attached hydrogens (tertiary/aromatic N) is 1. The van der Waals surface area contributed by atoms with Crippen molar-refractivity contribution in [2.45, 2.75) is 6.04 Å². The van der Waals surface area contributed by atoms with E-state index in [-0.39, 0.29) is 11.9 Å². The molecule has 3 heteroatoms. The molecular formula is C15H20N2O. The molecule has 1 unspecified atom stereocenters. The van der Waals surface area contributed by atoms with Crippen molar-refractivity contribution >= 4 is 5.91 Å². The molecule has 0 aromatic heterocycles. The summed E-state index contributed by atoms with van der Waals surface area (Å²) in [6.07, 6.45) is 3.59. The minimum absolute atomic E-state index is 0.0232. The number of carbonyl (C=O) groups is 1. The highest BCUT2D eigenvalue weighted by Gasteiger charge is 2.25. The smallest absolute Gasteiger partial charge is 0.241 e. The second kappa shape index (κ2) is 7.45. The molecule has 1 amide bonds. The van der Waals surface area contributed by atoms with Crippen LogP contribution in [0.25, 0.3) is 0 Å². The topological polar surface area (TPSA) is 32.3 Å². The van der Waals surface area contributed by atoms with Crippen molar-refractivity contribution < 1.29 is 4.79 Å². The Morgan fingerprint density at radius 3 is 2.28 bits per heavy atom. The van der Waals surface area contributed by atoms with Gasteiger partial charge in [-0.1, -0.05) is 42.5 Å². The molecule has 0 saturated heterocycles. The molecular weight excluding hydrogens is 224 g/mol. The van der Waals surface area contributed by atoms with Crippen LogP contribution in [0.3, 0.4) is 0 Å². The van der Waals surface area contributed by atoms with Crippen LogP contribution in [0.2, 0.25) is 0 Å². The van der Waals surface area contributed by atoms with Crippen LogP contribution < -0.4 is 5.32 Å². The first-order valence-electron chi connectivity index (χ1n) is 5.97. The van der Waals surface area contributed by atoms with E-state index >= 15 is 0 Å². The van der Waals surface area contributed by atoms with Gasteiger partial charge < -0.3 is 5.32 Å². The highest BCUT2D eigenvalue weighted by atomic mass is 16.2. The predicted molar refractivity (Wildman–Crippen MR) is 75.2 cm³/mol. The Bertz CT molecular complexity index is 390. The number of likely N-dealkylation sites (N-methyl/N-ethyl adjacent to an activating group) is 1. The van der Waals surface area contributed by atoms with E-state index in [1.807, 2.05) is 35.2 Å². The van der Waals surface area contributed by atoms with Crippen LogP contribution in [0.5, 0.6) is 0 Å². The molecule has 1 N–H and O–H groups in total. The van der Waals surface area contributed by atoms with E-state index in [9.17, 15) is 4.79 Å². The molecule has 96 valence electrons. The van der Waals surface area contributed by atoms with E-state index in [0.29, 0.717) is 13.1 Å². The van der Waals surface area contributed by atoms with Crippen LogP contribution in [-0.2, 0) is 4.79 Å². The highest BCUT2D eigenvalue weighted by molar-refractivity contribution is 5.83. The Kier molecular flexibility index (Phi) is 5.88. The number of carbonyl (C=O) groups excluding carboxylic acids is 1. The summed E-state index contributed by atoms with van der Waals surface area (Å²) in [6.45, 7) is 8.75. The number of amides is 1. The summed E-state index contributed by atoms with van der Waals surface area (Å²) in [4.78, 5) is 14.1. The van der Waals surface area contributed by atoms with Crippen LogP contribution in [0, 0.1) is 0 Å². The Morgan fingerprint density at radius 2 is 1.83 bits per heavy atom. The van der Waals surface area contributed by atoms with E-state index in [2.05, 4.69) is 18.5 Å². The van der Waals surface area contributed by atoms with Gasteiger partial charge in [0.25, 0.3) is 0 Å². The van der Waals surface area contributed by atoms with Crippen LogP contribution in [0.15, 0.2) is 55.6 Å². The molecule has 0 aliphatic rings. The van der Waals surface area contributed by atoms with Crippen LogP contribution >= 0.6 is 0 Å². The molecule has 0 heterocycles. The van der Waals surface area contributed by atoms with Gasteiger partial charge in [0.1, 0.15) is 6.04 Å². The summed E-state index contributed by atoms with van der Waals surface area (Å²) in [7, 11) is 1.65. The van der Waals surface area contributed by atoms with Crippen molar-refractivity contribution in [1.29, 1.82) is 0 Å². The minimum atomic E-state index is -0.313. The molecule has 1 aromatic rings. The second-order valence-electron chi connectivity index (χ2n) is 3.96. The molecule has 0 aliphatic heterocycles. The summed E-state index contributed by atoms with van der Waals surface area (Å²) in [5, 5.41) is 2.71. The standard InChI is InChI=1S/C15H20N2O/c1-4-11-17(12-5-2)14(15(18)16-3)13-9-7-6-8-10-13/h4-10,14H,1-2,11-12H2,3H3,(H,16,18). The molecule has 3 nitrogen and oxygen atoms in total. The van der Waals surface area contributed by atoms with E-state index in [1.54, 1.807) is 19.2 Å². The number of rotatable bonds is 7. The lowest BCUT2D eigenvalue weighted by Crippen LogP contribution is -2.39. The largest absolute Gasteiger partial charge is 0.358 e. The van der Waals surface area contributed by atoms with Crippen molar-refractivity contribution in [3.05, 3.63) is 61.2 Å². The first-order chi connectivity index (χ1) is 8.74. The molecule has 0 aliphatic carbocycles. The van der Waals surface area contributed by atoms with Gasteiger partial charge in [-0.25, -0.2) is 0 Å². The summed E-state index contributed by atoms with van der Waals surface area (Å²) < 4.78 is 0. The first kappa shape index (κ1) is 14.2. The summed E-state index contributed by atoms with van der Waals surface area (Å²) in [6, 6.07) is 9.41.